The fourth-order valence-electron chi connectivity index (χ4n) is 3.40. The molecule has 3 rings (SSSR count). The molecule has 2 aliphatic carbocycles. The molecule has 110 valence electrons. The summed E-state index contributed by atoms with van der Waals surface area (Å²) in [6, 6.07) is 6.93. The third-order valence-corrected chi connectivity index (χ3v) is 4.60. The molecule has 0 unspecified atom stereocenters. The first-order valence-electron chi connectivity index (χ1n) is 6.92. The Kier molecular flexibility index (Phi) is 3.72. The summed E-state index contributed by atoms with van der Waals surface area (Å²) in [4.78, 5) is 24.5. The van der Waals surface area contributed by atoms with E-state index in [-0.39, 0.29) is 35.5 Å². The second-order valence-corrected chi connectivity index (χ2v) is 5.96. The number of ether oxygens (including phenoxy) is 1. The van der Waals surface area contributed by atoms with E-state index in [0.29, 0.717) is 10.7 Å². The number of carbonyl (C=O) groups is 2. The second-order valence-electron chi connectivity index (χ2n) is 5.52. The highest BCUT2D eigenvalue weighted by molar-refractivity contribution is 6.30. The lowest BCUT2D eigenvalue weighted by Crippen LogP contribution is -2.37. The summed E-state index contributed by atoms with van der Waals surface area (Å²) in [6.45, 7) is 0. The van der Waals surface area contributed by atoms with Crippen molar-refractivity contribution >= 4 is 29.2 Å². The molecule has 1 aromatic carbocycles. The van der Waals surface area contributed by atoms with Gasteiger partial charge in [0.05, 0.1) is 18.9 Å². The Morgan fingerprint density at radius 1 is 1.14 bits per heavy atom. The summed E-state index contributed by atoms with van der Waals surface area (Å²) >= 11 is 5.83. The second kappa shape index (κ2) is 5.53. The van der Waals surface area contributed by atoms with Crippen molar-refractivity contribution in [2.24, 2.45) is 23.7 Å². The van der Waals surface area contributed by atoms with Gasteiger partial charge in [0.25, 0.3) is 0 Å². The zero-order valence-corrected chi connectivity index (χ0v) is 12.3. The standard InChI is InChI=1S/C16H16ClNO3/c1-21-16(20)14-10-3-2-9(8-10)13(14)15(19)18-12-6-4-11(17)5-7-12/h2-7,9-10,13-14H,8H2,1H3,(H,18,19)/t9-,10+,13-,14+/m1/s1. The van der Waals surface area contributed by atoms with Gasteiger partial charge in [-0.15, -0.1) is 0 Å². The van der Waals surface area contributed by atoms with Crippen molar-refractivity contribution in [3.05, 3.63) is 41.4 Å². The van der Waals surface area contributed by atoms with Gasteiger partial charge in [-0.25, -0.2) is 0 Å². The van der Waals surface area contributed by atoms with Crippen molar-refractivity contribution in [3.63, 3.8) is 0 Å². The molecule has 1 amide bonds. The molecule has 0 spiro atoms. The Morgan fingerprint density at radius 3 is 2.38 bits per heavy atom. The predicted octanol–water partition coefficient (Wildman–Crippen LogP) is 2.89. The molecule has 0 heterocycles. The van der Waals surface area contributed by atoms with Crippen LogP contribution in [0.4, 0.5) is 5.69 Å². The fraction of sp³-hybridized carbons (Fsp3) is 0.375. The molecular formula is C16H16ClNO3. The maximum absolute atomic E-state index is 12.5. The number of nitrogens with one attached hydrogen (secondary N) is 1. The Balaban J connectivity index is 1.78. The lowest BCUT2D eigenvalue weighted by Gasteiger charge is -2.25. The van der Waals surface area contributed by atoms with E-state index in [2.05, 4.69) is 5.32 Å². The van der Waals surface area contributed by atoms with E-state index in [0.717, 1.165) is 6.42 Å². The first-order valence-corrected chi connectivity index (χ1v) is 7.30. The number of amides is 1. The molecular weight excluding hydrogens is 290 g/mol. The molecule has 1 saturated carbocycles. The molecule has 4 nitrogen and oxygen atoms in total. The number of rotatable bonds is 3. The van der Waals surface area contributed by atoms with E-state index in [4.69, 9.17) is 16.3 Å². The van der Waals surface area contributed by atoms with E-state index in [1.54, 1.807) is 24.3 Å². The minimum Gasteiger partial charge on any atom is -0.469 e. The number of carbonyl (C=O) groups excluding carboxylic acids is 2. The third kappa shape index (κ3) is 2.56. The molecule has 0 aromatic heterocycles. The highest BCUT2D eigenvalue weighted by Crippen LogP contribution is 2.48. The molecule has 0 aliphatic heterocycles. The van der Waals surface area contributed by atoms with Crippen LogP contribution in [0, 0.1) is 23.7 Å². The molecule has 0 radical (unpaired) electrons. The number of hydrogen-bond acceptors (Lipinski definition) is 3. The van der Waals surface area contributed by atoms with Crippen LogP contribution in [0.5, 0.6) is 0 Å². The Morgan fingerprint density at radius 2 is 1.76 bits per heavy atom. The first-order chi connectivity index (χ1) is 10.1. The van der Waals surface area contributed by atoms with Gasteiger partial charge >= 0.3 is 5.97 Å². The first kappa shape index (κ1) is 14.1. The van der Waals surface area contributed by atoms with Crippen LogP contribution in [0.2, 0.25) is 5.02 Å². The van der Waals surface area contributed by atoms with Crippen molar-refractivity contribution in [2.75, 3.05) is 12.4 Å². The lowest BCUT2D eigenvalue weighted by atomic mass is 9.82. The lowest BCUT2D eigenvalue weighted by molar-refractivity contribution is -0.150. The van der Waals surface area contributed by atoms with Crippen molar-refractivity contribution < 1.29 is 14.3 Å². The van der Waals surface area contributed by atoms with Gasteiger partial charge in [0.15, 0.2) is 0 Å². The summed E-state index contributed by atoms with van der Waals surface area (Å²) in [6.07, 6.45) is 4.91. The van der Waals surface area contributed by atoms with E-state index in [1.807, 2.05) is 12.2 Å². The summed E-state index contributed by atoms with van der Waals surface area (Å²) < 4.78 is 4.86. The fourth-order valence-corrected chi connectivity index (χ4v) is 3.52. The van der Waals surface area contributed by atoms with E-state index in [1.165, 1.54) is 7.11 Å². The highest BCUT2D eigenvalue weighted by Gasteiger charge is 2.52. The molecule has 0 saturated heterocycles. The van der Waals surface area contributed by atoms with Crippen LogP contribution < -0.4 is 5.32 Å². The van der Waals surface area contributed by atoms with Crippen LogP contribution in [0.1, 0.15) is 6.42 Å². The molecule has 2 bridgehead atoms. The minimum atomic E-state index is -0.377. The number of fused-ring (bicyclic) bond motifs is 2. The number of esters is 1. The molecule has 21 heavy (non-hydrogen) atoms. The molecule has 1 aromatic rings. The van der Waals surface area contributed by atoms with Crippen molar-refractivity contribution in [2.45, 2.75) is 6.42 Å². The average Bonchev–Trinajstić information content (AvgIpc) is 3.09. The molecule has 2 aliphatic rings. The van der Waals surface area contributed by atoms with Crippen molar-refractivity contribution in [3.8, 4) is 0 Å². The van der Waals surface area contributed by atoms with E-state index in [9.17, 15) is 9.59 Å². The van der Waals surface area contributed by atoms with Gasteiger partial charge < -0.3 is 10.1 Å². The van der Waals surface area contributed by atoms with E-state index < -0.39 is 0 Å². The topological polar surface area (TPSA) is 55.4 Å². The zero-order chi connectivity index (χ0) is 15.0. The van der Waals surface area contributed by atoms with Gasteiger partial charge in [-0.1, -0.05) is 23.8 Å². The van der Waals surface area contributed by atoms with Crippen LogP contribution in [0.15, 0.2) is 36.4 Å². The average molecular weight is 306 g/mol. The molecule has 1 N–H and O–H groups in total. The largest absolute Gasteiger partial charge is 0.469 e. The van der Waals surface area contributed by atoms with Crippen LogP contribution in [-0.2, 0) is 14.3 Å². The number of anilines is 1. The molecule has 4 atom stereocenters. The quantitative estimate of drug-likeness (QED) is 0.690. The van der Waals surface area contributed by atoms with Crippen molar-refractivity contribution in [1.29, 1.82) is 0 Å². The number of hydrogen-bond donors (Lipinski definition) is 1. The van der Waals surface area contributed by atoms with Gasteiger partial charge in [-0.2, -0.15) is 0 Å². The monoisotopic (exact) mass is 305 g/mol. The summed E-state index contributed by atoms with van der Waals surface area (Å²) in [5.74, 6) is -0.942. The van der Waals surface area contributed by atoms with Gasteiger partial charge in [0.1, 0.15) is 0 Å². The number of benzene rings is 1. The maximum Gasteiger partial charge on any atom is 0.310 e. The predicted molar refractivity (Wildman–Crippen MR) is 79.8 cm³/mol. The SMILES string of the molecule is COC(=O)[C@@H]1[C@H](C(=O)Nc2ccc(Cl)cc2)[C@@H]2C=C[C@H]1C2. The van der Waals surface area contributed by atoms with Gasteiger partial charge in [-0.05, 0) is 42.5 Å². The summed E-state index contributed by atoms with van der Waals surface area (Å²) in [5.41, 5.74) is 0.680. The smallest absolute Gasteiger partial charge is 0.310 e. The van der Waals surface area contributed by atoms with Gasteiger partial charge in [0.2, 0.25) is 5.91 Å². The summed E-state index contributed by atoms with van der Waals surface area (Å²) in [7, 11) is 1.37. The third-order valence-electron chi connectivity index (χ3n) is 4.35. The maximum atomic E-state index is 12.5. The molecule has 1 fully saturated rings. The highest BCUT2D eigenvalue weighted by atomic mass is 35.5. The van der Waals surface area contributed by atoms with Gasteiger partial charge in [-0.3, -0.25) is 9.59 Å². The van der Waals surface area contributed by atoms with Crippen LogP contribution >= 0.6 is 11.6 Å². The zero-order valence-electron chi connectivity index (χ0n) is 11.6. The van der Waals surface area contributed by atoms with Gasteiger partial charge in [0, 0.05) is 10.7 Å². The van der Waals surface area contributed by atoms with Crippen LogP contribution in [-0.4, -0.2) is 19.0 Å². The number of methoxy groups -OCH3 is 1. The Hall–Kier alpha value is -1.81. The Bertz CT molecular complexity index is 596. The normalized spacial score (nSPS) is 29.4. The van der Waals surface area contributed by atoms with Crippen LogP contribution in [0.3, 0.4) is 0 Å². The molecule has 5 heteroatoms. The van der Waals surface area contributed by atoms with E-state index >= 15 is 0 Å². The Labute approximate surface area is 128 Å². The van der Waals surface area contributed by atoms with Crippen LogP contribution in [0.25, 0.3) is 0 Å². The summed E-state index contributed by atoms with van der Waals surface area (Å²) in [5, 5.41) is 3.48. The number of allylic oxidation sites excluding steroid dienone is 2. The number of halogens is 1. The van der Waals surface area contributed by atoms with Crippen molar-refractivity contribution in [1.82, 2.24) is 0 Å². The minimum absolute atomic E-state index is 0.114.